The van der Waals surface area contributed by atoms with Crippen LogP contribution in [-0.4, -0.2) is 11.7 Å². The lowest BCUT2D eigenvalue weighted by Crippen LogP contribution is -2.04. The molecule has 0 aliphatic carbocycles. The molecule has 0 unspecified atom stereocenters. The highest BCUT2D eigenvalue weighted by atomic mass is 19.4. The van der Waals surface area contributed by atoms with Crippen LogP contribution in [0.2, 0.25) is 0 Å². The van der Waals surface area contributed by atoms with Gasteiger partial charge in [0.2, 0.25) is 0 Å². The first-order valence-corrected chi connectivity index (χ1v) is 4.81. The number of halogens is 3. The van der Waals surface area contributed by atoms with E-state index in [1.165, 1.54) is 12.1 Å². The Bertz CT molecular complexity index is 381. The van der Waals surface area contributed by atoms with Crippen LogP contribution in [0.15, 0.2) is 24.3 Å². The molecule has 0 aromatic heterocycles. The number of aliphatic hydroxyl groups excluding tert-OH is 1. The fourth-order valence-electron chi connectivity index (χ4n) is 1.07. The molecule has 86 valence electrons. The first-order valence-electron chi connectivity index (χ1n) is 4.81. The van der Waals surface area contributed by atoms with Gasteiger partial charge in [0, 0.05) is 18.6 Å². The predicted octanol–water partition coefficient (Wildman–Crippen LogP) is 2.83. The molecule has 0 spiro atoms. The highest BCUT2D eigenvalue weighted by Gasteiger charge is 2.29. The van der Waals surface area contributed by atoms with Gasteiger partial charge in [-0.15, -0.1) is 0 Å². The van der Waals surface area contributed by atoms with Crippen LogP contribution >= 0.6 is 0 Å². The van der Waals surface area contributed by atoms with Crippen molar-refractivity contribution >= 4 is 0 Å². The average Bonchev–Trinajstić information content (AvgIpc) is 2.24. The van der Waals surface area contributed by atoms with Crippen molar-refractivity contribution in [1.82, 2.24) is 0 Å². The van der Waals surface area contributed by atoms with Crippen LogP contribution in [0.5, 0.6) is 0 Å². The highest BCUT2D eigenvalue weighted by Crippen LogP contribution is 2.28. The molecule has 0 saturated carbocycles. The Balaban J connectivity index is 2.67. The second-order valence-electron chi connectivity index (χ2n) is 3.20. The fourth-order valence-corrected chi connectivity index (χ4v) is 1.07. The van der Waals surface area contributed by atoms with Crippen molar-refractivity contribution in [3.63, 3.8) is 0 Å². The number of hydrogen-bond acceptors (Lipinski definition) is 1. The largest absolute Gasteiger partial charge is 0.416 e. The van der Waals surface area contributed by atoms with Crippen LogP contribution in [0.4, 0.5) is 13.2 Å². The zero-order chi connectivity index (χ0) is 12.0. The average molecular weight is 228 g/mol. The second-order valence-corrected chi connectivity index (χ2v) is 3.20. The number of alkyl halides is 3. The molecule has 1 aromatic rings. The quantitative estimate of drug-likeness (QED) is 0.609. The molecule has 0 aliphatic rings. The summed E-state index contributed by atoms with van der Waals surface area (Å²) in [5.41, 5.74) is -0.126. The molecule has 0 amide bonds. The Labute approximate surface area is 91.9 Å². The summed E-state index contributed by atoms with van der Waals surface area (Å²) in [6.45, 7) is 0.0711. The molecule has 0 heterocycles. The van der Waals surface area contributed by atoms with Gasteiger partial charge in [-0.3, -0.25) is 0 Å². The van der Waals surface area contributed by atoms with Gasteiger partial charge in [0.25, 0.3) is 0 Å². The van der Waals surface area contributed by atoms with Gasteiger partial charge in [-0.25, -0.2) is 0 Å². The summed E-state index contributed by atoms with van der Waals surface area (Å²) in [4.78, 5) is 0. The van der Waals surface area contributed by atoms with Gasteiger partial charge in [-0.2, -0.15) is 13.2 Å². The SMILES string of the molecule is OCCCC#Cc1ccc(C(F)(F)F)cc1. The summed E-state index contributed by atoms with van der Waals surface area (Å²) >= 11 is 0. The van der Waals surface area contributed by atoms with Gasteiger partial charge >= 0.3 is 6.18 Å². The maximum atomic E-state index is 12.2. The lowest BCUT2D eigenvalue weighted by molar-refractivity contribution is -0.137. The van der Waals surface area contributed by atoms with E-state index >= 15 is 0 Å². The van der Waals surface area contributed by atoms with Crippen molar-refractivity contribution in [1.29, 1.82) is 0 Å². The lowest BCUT2D eigenvalue weighted by Gasteiger charge is -2.05. The first kappa shape index (κ1) is 12.6. The van der Waals surface area contributed by atoms with Gasteiger partial charge in [-0.05, 0) is 30.7 Å². The molecule has 4 heteroatoms. The first-order chi connectivity index (χ1) is 7.54. The number of unbranched alkanes of at least 4 members (excludes halogenated alkanes) is 1. The molecule has 0 atom stereocenters. The minimum absolute atomic E-state index is 0.0711. The smallest absolute Gasteiger partial charge is 0.396 e. The number of benzene rings is 1. The fraction of sp³-hybridized carbons (Fsp3) is 0.333. The Kier molecular flexibility index (Phi) is 4.39. The van der Waals surface area contributed by atoms with E-state index in [4.69, 9.17) is 5.11 Å². The van der Waals surface area contributed by atoms with E-state index in [2.05, 4.69) is 11.8 Å². The predicted molar refractivity (Wildman–Crippen MR) is 54.6 cm³/mol. The summed E-state index contributed by atoms with van der Waals surface area (Å²) < 4.78 is 36.6. The molecule has 0 saturated heterocycles. The molecule has 1 rings (SSSR count). The minimum atomic E-state index is -4.30. The summed E-state index contributed by atoms with van der Waals surface area (Å²) in [7, 11) is 0. The van der Waals surface area contributed by atoms with Gasteiger partial charge in [0.1, 0.15) is 0 Å². The molecule has 0 aliphatic heterocycles. The van der Waals surface area contributed by atoms with Crippen molar-refractivity contribution < 1.29 is 18.3 Å². The van der Waals surface area contributed by atoms with Crippen LogP contribution in [0.3, 0.4) is 0 Å². The molecule has 1 nitrogen and oxygen atoms in total. The van der Waals surface area contributed by atoms with Crippen molar-refractivity contribution in [2.75, 3.05) is 6.61 Å². The Morgan fingerprint density at radius 3 is 2.25 bits per heavy atom. The van der Waals surface area contributed by atoms with Crippen molar-refractivity contribution in [3.8, 4) is 11.8 Å². The van der Waals surface area contributed by atoms with Crippen LogP contribution in [0.1, 0.15) is 24.0 Å². The third-order valence-corrected chi connectivity index (χ3v) is 1.90. The zero-order valence-corrected chi connectivity index (χ0v) is 8.51. The maximum Gasteiger partial charge on any atom is 0.416 e. The minimum Gasteiger partial charge on any atom is -0.396 e. The lowest BCUT2D eigenvalue weighted by atomic mass is 10.1. The maximum absolute atomic E-state index is 12.2. The molecule has 0 fully saturated rings. The van der Waals surface area contributed by atoms with E-state index < -0.39 is 11.7 Å². The molecular formula is C12H11F3O. The van der Waals surface area contributed by atoms with Crippen LogP contribution < -0.4 is 0 Å². The summed E-state index contributed by atoms with van der Waals surface area (Å²) in [5.74, 6) is 5.50. The molecule has 0 radical (unpaired) electrons. The van der Waals surface area contributed by atoms with E-state index in [0.717, 1.165) is 12.1 Å². The summed E-state index contributed by atoms with van der Waals surface area (Å²) in [6, 6.07) is 4.70. The third kappa shape index (κ3) is 3.95. The van der Waals surface area contributed by atoms with Crippen molar-refractivity contribution in [3.05, 3.63) is 35.4 Å². The van der Waals surface area contributed by atoms with Crippen molar-refractivity contribution in [2.45, 2.75) is 19.0 Å². The highest BCUT2D eigenvalue weighted by molar-refractivity contribution is 5.36. The van der Waals surface area contributed by atoms with Crippen LogP contribution in [-0.2, 0) is 6.18 Å². The molecule has 1 N–H and O–H groups in total. The van der Waals surface area contributed by atoms with E-state index in [9.17, 15) is 13.2 Å². The molecule has 16 heavy (non-hydrogen) atoms. The molecule has 1 aromatic carbocycles. The number of aliphatic hydroxyl groups is 1. The second kappa shape index (κ2) is 5.57. The summed E-state index contributed by atoms with van der Waals surface area (Å²) in [6.07, 6.45) is -3.19. The monoisotopic (exact) mass is 228 g/mol. The summed E-state index contributed by atoms with van der Waals surface area (Å²) in [5, 5.41) is 8.50. The molecular weight excluding hydrogens is 217 g/mol. The number of rotatable bonds is 2. The van der Waals surface area contributed by atoms with E-state index in [1.54, 1.807) is 0 Å². The molecule has 0 bridgehead atoms. The number of hydrogen-bond donors (Lipinski definition) is 1. The Hall–Kier alpha value is -1.47. The van der Waals surface area contributed by atoms with Crippen LogP contribution in [0.25, 0.3) is 0 Å². The van der Waals surface area contributed by atoms with E-state index in [0.29, 0.717) is 18.4 Å². The Morgan fingerprint density at radius 1 is 1.12 bits per heavy atom. The Morgan fingerprint density at radius 2 is 1.75 bits per heavy atom. The topological polar surface area (TPSA) is 20.2 Å². The van der Waals surface area contributed by atoms with Gasteiger partial charge in [0.15, 0.2) is 0 Å². The van der Waals surface area contributed by atoms with Gasteiger partial charge in [0.05, 0.1) is 5.56 Å². The zero-order valence-electron chi connectivity index (χ0n) is 8.51. The third-order valence-electron chi connectivity index (χ3n) is 1.90. The van der Waals surface area contributed by atoms with E-state index in [1.807, 2.05) is 0 Å². The van der Waals surface area contributed by atoms with Gasteiger partial charge in [-0.1, -0.05) is 11.8 Å². The van der Waals surface area contributed by atoms with E-state index in [-0.39, 0.29) is 6.61 Å². The standard InChI is InChI=1S/C12H11F3O/c13-12(14,15)11-7-5-10(6-8-11)4-2-1-3-9-16/h5-8,16H,1,3,9H2. The van der Waals surface area contributed by atoms with Gasteiger partial charge < -0.3 is 5.11 Å². The van der Waals surface area contributed by atoms with Crippen LogP contribution in [0, 0.1) is 11.8 Å². The van der Waals surface area contributed by atoms with Crippen molar-refractivity contribution in [2.24, 2.45) is 0 Å². The normalized spacial score (nSPS) is 10.8.